The van der Waals surface area contributed by atoms with E-state index < -0.39 is 6.10 Å². The van der Waals surface area contributed by atoms with Crippen molar-refractivity contribution in [2.45, 2.75) is 19.4 Å². The fraction of sp³-hybridized carbons (Fsp3) is 0.308. The van der Waals surface area contributed by atoms with E-state index in [2.05, 4.69) is 4.98 Å². The topological polar surface area (TPSA) is 38.1 Å². The molecule has 0 fully saturated rings. The first-order valence-electron chi connectivity index (χ1n) is 5.48. The van der Waals surface area contributed by atoms with E-state index >= 15 is 0 Å². The second-order valence-corrected chi connectivity index (χ2v) is 4.59. The van der Waals surface area contributed by atoms with Crippen LogP contribution in [0.2, 0.25) is 5.02 Å². The fourth-order valence-corrected chi connectivity index (χ4v) is 1.88. The number of rotatable bonds is 3. The number of aliphatic hydroxyl groups excluding tert-OH is 1. The zero-order chi connectivity index (χ0) is 12.4. The summed E-state index contributed by atoms with van der Waals surface area (Å²) in [7, 11) is 1.92. The lowest BCUT2D eigenvalue weighted by Gasteiger charge is -2.12. The van der Waals surface area contributed by atoms with Gasteiger partial charge in [-0.15, -0.1) is 0 Å². The van der Waals surface area contributed by atoms with Crippen LogP contribution >= 0.6 is 11.6 Å². The van der Waals surface area contributed by atoms with Crippen LogP contribution in [0, 0.1) is 6.92 Å². The summed E-state index contributed by atoms with van der Waals surface area (Å²) in [6.45, 7) is 1.93. The van der Waals surface area contributed by atoms with E-state index in [4.69, 9.17) is 11.6 Å². The fourth-order valence-electron chi connectivity index (χ4n) is 1.76. The van der Waals surface area contributed by atoms with E-state index in [1.807, 2.05) is 42.9 Å². The molecule has 1 heterocycles. The van der Waals surface area contributed by atoms with Crippen LogP contribution in [0.5, 0.6) is 0 Å². The van der Waals surface area contributed by atoms with E-state index in [1.165, 1.54) is 0 Å². The van der Waals surface area contributed by atoms with Gasteiger partial charge < -0.3 is 9.67 Å². The molecule has 1 N–H and O–H groups in total. The molecule has 1 aromatic carbocycles. The molecule has 4 heteroatoms. The largest absolute Gasteiger partial charge is 0.388 e. The summed E-state index contributed by atoms with van der Waals surface area (Å²) in [6.07, 6.45) is 3.56. The highest BCUT2D eigenvalue weighted by Crippen LogP contribution is 2.22. The molecule has 17 heavy (non-hydrogen) atoms. The highest BCUT2D eigenvalue weighted by atomic mass is 35.5. The van der Waals surface area contributed by atoms with Gasteiger partial charge in [0.1, 0.15) is 5.82 Å². The molecule has 2 rings (SSSR count). The Morgan fingerprint density at radius 3 is 2.82 bits per heavy atom. The molecule has 0 saturated heterocycles. The normalized spacial score (nSPS) is 12.7. The summed E-state index contributed by atoms with van der Waals surface area (Å²) in [6, 6.07) is 5.58. The van der Waals surface area contributed by atoms with Crippen molar-refractivity contribution < 1.29 is 5.11 Å². The van der Waals surface area contributed by atoms with Crippen LogP contribution in [0.3, 0.4) is 0 Å². The summed E-state index contributed by atoms with van der Waals surface area (Å²) < 4.78 is 1.91. The molecule has 2 aromatic rings. The van der Waals surface area contributed by atoms with E-state index in [0.717, 1.165) is 22.0 Å². The van der Waals surface area contributed by atoms with Crippen molar-refractivity contribution in [2.75, 3.05) is 0 Å². The van der Waals surface area contributed by atoms with Crippen molar-refractivity contribution in [1.82, 2.24) is 9.55 Å². The minimum absolute atomic E-state index is 0.505. The maximum atomic E-state index is 10.1. The molecule has 1 atom stereocenters. The summed E-state index contributed by atoms with van der Waals surface area (Å²) in [5.41, 5.74) is 1.85. The van der Waals surface area contributed by atoms with Gasteiger partial charge in [-0.25, -0.2) is 4.98 Å². The van der Waals surface area contributed by atoms with Crippen LogP contribution in [0.4, 0.5) is 0 Å². The Balaban J connectivity index is 2.17. The molecule has 0 spiro atoms. The van der Waals surface area contributed by atoms with Crippen molar-refractivity contribution in [3.8, 4) is 0 Å². The molecule has 3 nitrogen and oxygen atoms in total. The van der Waals surface area contributed by atoms with Crippen LogP contribution in [0.25, 0.3) is 0 Å². The van der Waals surface area contributed by atoms with E-state index in [1.54, 1.807) is 6.20 Å². The summed E-state index contributed by atoms with van der Waals surface area (Å²) in [5, 5.41) is 10.9. The third-order valence-electron chi connectivity index (χ3n) is 2.86. The molecule has 0 amide bonds. The van der Waals surface area contributed by atoms with Gasteiger partial charge in [-0.1, -0.05) is 23.7 Å². The van der Waals surface area contributed by atoms with Crippen molar-refractivity contribution in [3.05, 3.63) is 52.6 Å². The quantitative estimate of drug-likeness (QED) is 0.910. The summed E-state index contributed by atoms with van der Waals surface area (Å²) in [5.74, 6) is 0.866. The van der Waals surface area contributed by atoms with E-state index in [9.17, 15) is 5.11 Å². The maximum Gasteiger partial charge on any atom is 0.111 e. The van der Waals surface area contributed by atoms with Gasteiger partial charge in [0.05, 0.1) is 6.10 Å². The Labute approximate surface area is 106 Å². The highest BCUT2D eigenvalue weighted by Gasteiger charge is 2.12. The zero-order valence-electron chi connectivity index (χ0n) is 9.89. The van der Waals surface area contributed by atoms with Gasteiger partial charge in [0, 0.05) is 30.9 Å². The lowest BCUT2D eigenvalue weighted by Crippen LogP contribution is -2.06. The predicted molar refractivity (Wildman–Crippen MR) is 68.1 cm³/mol. The number of imidazole rings is 1. The molecule has 1 aromatic heterocycles. The third kappa shape index (κ3) is 2.68. The SMILES string of the molecule is Cc1cc(C(O)Cc2nccn2C)ccc1Cl. The molecule has 90 valence electrons. The van der Waals surface area contributed by atoms with Gasteiger partial charge in [0.25, 0.3) is 0 Å². The number of aromatic nitrogens is 2. The average molecular weight is 251 g/mol. The van der Waals surface area contributed by atoms with Crippen LogP contribution < -0.4 is 0 Å². The van der Waals surface area contributed by atoms with Crippen LogP contribution in [0.1, 0.15) is 23.1 Å². The van der Waals surface area contributed by atoms with Gasteiger partial charge in [-0.05, 0) is 24.1 Å². The molecular weight excluding hydrogens is 236 g/mol. The van der Waals surface area contributed by atoms with Crippen LogP contribution in [0.15, 0.2) is 30.6 Å². The number of nitrogens with zero attached hydrogens (tertiary/aromatic N) is 2. The third-order valence-corrected chi connectivity index (χ3v) is 3.29. The minimum Gasteiger partial charge on any atom is -0.388 e. The van der Waals surface area contributed by atoms with Crippen LogP contribution in [-0.4, -0.2) is 14.7 Å². The molecule has 0 saturated carbocycles. The number of hydrogen-bond donors (Lipinski definition) is 1. The highest BCUT2D eigenvalue weighted by molar-refractivity contribution is 6.31. The van der Waals surface area contributed by atoms with Gasteiger partial charge in [-0.2, -0.15) is 0 Å². The van der Waals surface area contributed by atoms with Crippen molar-refractivity contribution >= 4 is 11.6 Å². The minimum atomic E-state index is -0.549. The number of aliphatic hydroxyl groups is 1. The second kappa shape index (κ2) is 4.90. The van der Waals surface area contributed by atoms with Crippen molar-refractivity contribution in [3.63, 3.8) is 0 Å². The maximum absolute atomic E-state index is 10.1. The lowest BCUT2D eigenvalue weighted by molar-refractivity contribution is 0.175. The average Bonchev–Trinajstić information content (AvgIpc) is 2.68. The first-order chi connectivity index (χ1) is 8.08. The van der Waals surface area contributed by atoms with E-state index in [0.29, 0.717) is 6.42 Å². The number of benzene rings is 1. The van der Waals surface area contributed by atoms with Crippen LogP contribution in [-0.2, 0) is 13.5 Å². The first-order valence-corrected chi connectivity index (χ1v) is 5.86. The second-order valence-electron chi connectivity index (χ2n) is 4.18. The van der Waals surface area contributed by atoms with Gasteiger partial charge >= 0.3 is 0 Å². The summed E-state index contributed by atoms with van der Waals surface area (Å²) in [4.78, 5) is 4.20. The smallest absolute Gasteiger partial charge is 0.111 e. The standard InChI is InChI=1S/C13H15ClN2O/c1-9-7-10(3-4-11(9)14)12(17)8-13-15-5-6-16(13)2/h3-7,12,17H,8H2,1-2H3. The Hall–Kier alpha value is -1.32. The molecule has 0 radical (unpaired) electrons. The number of hydrogen-bond acceptors (Lipinski definition) is 2. The first kappa shape index (κ1) is 12.1. The molecule has 0 aliphatic heterocycles. The van der Waals surface area contributed by atoms with Gasteiger partial charge in [0.15, 0.2) is 0 Å². The molecular formula is C13H15ClN2O. The monoisotopic (exact) mass is 250 g/mol. The Morgan fingerprint density at radius 1 is 1.47 bits per heavy atom. The predicted octanol–water partition coefficient (Wildman–Crippen LogP) is 2.66. The molecule has 0 aliphatic carbocycles. The summed E-state index contributed by atoms with van der Waals surface area (Å²) >= 11 is 5.96. The molecule has 0 aliphatic rings. The number of halogens is 1. The van der Waals surface area contributed by atoms with Crippen molar-refractivity contribution in [1.29, 1.82) is 0 Å². The Kier molecular flexibility index (Phi) is 3.50. The Bertz CT molecular complexity index is 522. The zero-order valence-corrected chi connectivity index (χ0v) is 10.6. The lowest BCUT2D eigenvalue weighted by atomic mass is 10.0. The van der Waals surface area contributed by atoms with Gasteiger partial charge in [0.2, 0.25) is 0 Å². The molecule has 1 unspecified atom stereocenters. The van der Waals surface area contributed by atoms with Gasteiger partial charge in [-0.3, -0.25) is 0 Å². The molecule has 0 bridgehead atoms. The Morgan fingerprint density at radius 2 is 2.24 bits per heavy atom. The number of aryl methyl sites for hydroxylation is 2. The van der Waals surface area contributed by atoms with Crippen molar-refractivity contribution in [2.24, 2.45) is 7.05 Å². The van der Waals surface area contributed by atoms with E-state index in [-0.39, 0.29) is 0 Å².